The number of hydrogen-bond acceptors (Lipinski definition) is 4. The van der Waals surface area contributed by atoms with E-state index < -0.39 is 11.8 Å². The normalized spacial score (nSPS) is 14.6. The van der Waals surface area contributed by atoms with Crippen molar-refractivity contribution in [2.75, 3.05) is 18.5 Å². The van der Waals surface area contributed by atoms with Crippen molar-refractivity contribution in [1.82, 2.24) is 10.6 Å². The highest BCUT2D eigenvalue weighted by Gasteiger charge is 2.25. The van der Waals surface area contributed by atoms with Gasteiger partial charge in [-0.3, -0.25) is 20.2 Å². The maximum atomic E-state index is 11.8. The first kappa shape index (κ1) is 17.1. The van der Waals surface area contributed by atoms with E-state index >= 15 is 0 Å². The van der Waals surface area contributed by atoms with Crippen LogP contribution in [0.25, 0.3) is 6.08 Å². The Bertz CT molecular complexity index is 628. The Morgan fingerprint density at radius 2 is 1.70 bits per heavy atom. The second-order valence-corrected chi connectivity index (χ2v) is 6.40. The number of thiocarbonyl (C=S) groups is 1. The summed E-state index contributed by atoms with van der Waals surface area (Å²) >= 11 is 4.77. The van der Waals surface area contributed by atoms with Gasteiger partial charge in [-0.15, -0.1) is 0 Å². The molecule has 23 heavy (non-hydrogen) atoms. The molecule has 1 saturated heterocycles. The summed E-state index contributed by atoms with van der Waals surface area (Å²) in [5.41, 5.74) is 1.95. The molecule has 1 heterocycles. The smallest absolute Gasteiger partial charge is 0.263 e. The topological polar surface area (TPSA) is 61.4 Å². The van der Waals surface area contributed by atoms with Crippen molar-refractivity contribution in [3.8, 4) is 0 Å². The molecule has 1 fully saturated rings. The molecule has 1 aliphatic heterocycles. The van der Waals surface area contributed by atoms with Gasteiger partial charge in [0, 0.05) is 19.3 Å². The predicted octanol–water partition coefficient (Wildman–Crippen LogP) is 2.08. The van der Waals surface area contributed by atoms with E-state index in [2.05, 4.69) is 36.4 Å². The van der Waals surface area contributed by atoms with Crippen LogP contribution in [-0.4, -0.2) is 30.5 Å². The zero-order valence-corrected chi connectivity index (χ0v) is 14.4. The summed E-state index contributed by atoms with van der Waals surface area (Å²) in [5, 5.41) is 4.88. The van der Waals surface area contributed by atoms with Crippen LogP contribution < -0.4 is 15.5 Å². The molecule has 6 heteroatoms. The fraction of sp³-hybridized carbons (Fsp3) is 0.353. The van der Waals surface area contributed by atoms with Crippen LogP contribution in [-0.2, 0) is 9.59 Å². The molecule has 0 radical (unpaired) electrons. The number of hydrogen-bond donors (Lipinski definition) is 2. The van der Waals surface area contributed by atoms with Crippen molar-refractivity contribution in [3.05, 3.63) is 35.4 Å². The third-order valence-corrected chi connectivity index (χ3v) is 3.83. The van der Waals surface area contributed by atoms with Crippen molar-refractivity contribution in [3.63, 3.8) is 0 Å². The van der Waals surface area contributed by atoms with E-state index in [0.29, 0.717) is 5.92 Å². The quantitative estimate of drug-likeness (QED) is 0.493. The van der Waals surface area contributed by atoms with Crippen molar-refractivity contribution in [2.24, 2.45) is 5.92 Å². The molecule has 0 saturated carbocycles. The van der Waals surface area contributed by atoms with Gasteiger partial charge in [0.05, 0.1) is 0 Å². The van der Waals surface area contributed by atoms with Gasteiger partial charge in [-0.25, -0.2) is 0 Å². The number of anilines is 1. The number of carbonyl (C=O) groups excluding carboxylic acids is 2. The molecule has 2 rings (SSSR count). The van der Waals surface area contributed by atoms with E-state index in [4.69, 9.17) is 12.2 Å². The van der Waals surface area contributed by atoms with Gasteiger partial charge >= 0.3 is 0 Å². The fourth-order valence-electron chi connectivity index (χ4n) is 2.18. The van der Waals surface area contributed by atoms with Gasteiger partial charge in [-0.2, -0.15) is 0 Å². The zero-order valence-electron chi connectivity index (χ0n) is 13.6. The molecule has 0 bridgehead atoms. The SMILES string of the molecule is CC(C)CCN(C)c1ccc(C=C2C(=O)NC(=S)NC2=O)cc1. The minimum atomic E-state index is -0.475. The molecule has 0 unspecified atom stereocenters. The molecule has 2 amide bonds. The molecule has 122 valence electrons. The minimum Gasteiger partial charge on any atom is -0.375 e. The first-order valence-corrected chi connectivity index (χ1v) is 7.97. The van der Waals surface area contributed by atoms with E-state index in [1.807, 2.05) is 24.3 Å². The lowest BCUT2D eigenvalue weighted by Gasteiger charge is -2.20. The van der Waals surface area contributed by atoms with Gasteiger partial charge in [0.1, 0.15) is 5.57 Å². The zero-order chi connectivity index (χ0) is 17.0. The largest absolute Gasteiger partial charge is 0.375 e. The van der Waals surface area contributed by atoms with Crippen molar-refractivity contribution >= 4 is 40.9 Å². The highest BCUT2D eigenvalue weighted by molar-refractivity contribution is 7.80. The Hall–Kier alpha value is -2.21. The lowest BCUT2D eigenvalue weighted by atomic mass is 10.1. The molecule has 1 aromatic carbocycles. The lowest BCUT2D eigenvalue weighted by Crippen LogP contribution is -2.51. The van der Waals surface area contributed by atoms with Gasteiger partial charge in [0.25, 0.3) is 11.8 Å². The van der Waals surface area contributed by atoms with Gasteiger partial charge in [0.2, 0.25) is 0 Å². The summed E-state index contributed by atoms with van der Waals surface area (Å²) in [6, 6.07) is 7.75. The van der Waals surface area contributed by atoms with E-state index in [0.717, 1.165) is 24.2 Å². The summed E-state index contributed by atoms with van der Waals surface area (Å²) in [7, 11) is 2.05. The lowest BCUT2D eigenvalue weighted by molar-refractivity contribution is -0.123. The first-order valence-electron chi connectivity index (χ1n) is 7.56. The van der Waals surface area contributed by atoms with Crippen LogP contribution in [0, 0.1) is 5.92 Å². The summed E-state index contributed by atoms with van der Waals surface area (Å²) in [6.45, 7) is 5.39. The average molecular weight is 331 g/mol. The molecule has 0 atom stereocenters. The number of nitrogens with one attached hydrogen (secondary N) is 2. The van der Waals surface area contributed by atoms with E-state index in [-0.39, 0.29) is 10.7 Å². The maximum absolute atomic E-state index is 11.8. The monoisotopic (exact) mass is 331 g/mol. The first-order chi connectivity index (χ1) is 10.9. The standard InChI is InChI=1S/C17H21N3O2S/c1-11(2)8-9-20(3)13-6-4-12(5-7-13)10-14-15(21)18-17(23)19-16(14)22/h4-7,10-11H,8-9H2,1-3H3,(H2,18,19,21,22,23). The highest BCUT2D eigenvalue weighted by Crippen LogP contribution is 2.17. The Labute approximate surface area is 141 Å². The van der Waals surface area contributed by atoms with Gasteiger partial charge in [-0.05, 0) is 48.3 Å². The van der Waals surface area contributed by atoms with E-state index in [9.17, 15) is 9.59 Å². The second-order valence-electron chi connectivity index (χ2n) is 5.99. The number of nitrogens with zero attached hydrogens (tertiary/aromatic N) is 1. The van der Waals surface area contributed by atoms with Crippen LogP contribution in [0.1, 0.15) is 25.8 Å². The van der Waals surface area contributed by atoms with Crippen molar-refractivity contribution < 1.29 is 9.59 Å². The summed E-state index contributed by atoms with van der Waals surface area (Å²) < 4.78 is 0. The molecule has 0 aliphatic carbocycles. The summed E-state index contributed by atoms with van der Waals surface area (Å²) in [4.78, 5) is 25.8. The highest BCUT2D eigenvalue weighted by atomic mass is 32.1. The van der Waals surface area contributed by atoms with E-state index in [1.54, 1.807) is 6.08 Å². The Morgan fingerprint density at radius 1 is 1.13 bits per heavy atom. The van der Waals surface area contributed by atoms with Crippen LogP contribution in [0.5, 0.6) is 0 Å². The van der Waals surface area contributed by atoms with Gasteiger partial charge < -0.3 is 4.90 Å². The third-order valence-electron chi connectivity index (χ3n) is 3.63. The predicted molar refractivity (Wildman–Crippen MR) is 96.0 cm³/mol. The molecule has 2 N–H and O–H groups in total. The number of benzene rings is 1. The maximum Gasteiger partial charge on any atom is 0.263 e. The Morgan fingerprint density at radius 3 is 2.22 bits per heavy atom. The molecule has 1 aliphatic rings. The number of carbonyl (C=O) groups is 2. The fourth-order valence-corrected chi connectivity index (χ4v) is 2.36. The van der Waals surface area contributed by atoms with Crippen molar-refractivity contribution in [1.29, 1.82) is 0 Å². The molecule has 0 spiro atoms. The van der Waals surface area contributed by atoms with Crippen LogP contribution in [0.3, 0.4) is 0 Å². The molecule has 0 aromatic heterocycles. The second kappa shape index (κ2) is 7.37. The van der Waals surface area contributed by atoms with Crippen LogP contribution >= 0.6 is 12.2 Å². The average Bonchev–Trinajstić information content (AvgIpc) is 2.49. The Balaban J connectivity index is 2.10. The van der Waals surface area contributed by atoms with Crippen LogP contribution in [0.4, 0.5) is 5.69 Å². The van der Waals surface area contributed by atoms with E-state index in [1.165, 1.54) is 0 Å². The van der Waals surface area contributed by atoms with Crippen LogP contribution in [0.15, 0.2) is 29.8 Å². The van der Waals surface area contributed by atoms with Gasteiger partial charge in [0.15, 0.2) is 5.11 Å². The molecule has 1 aromatic rings. The van der Waals surface area contributed by atoms with Crippen molar-refractivity contribution in [2.45, 2.75) is 20.3 Å². The van der Waals surface area contributed by atoms with Crippen LogP contribution in [0.2, 0.25) is 0 Å². The number of rotatable bonds is 5. The third kappa shape index (κ3) is 4.63. The minimum absolute atomic E-state index is 0.0410. The molecule has 5 nitrogen and oxygen atoms in total. The summed E-state index contributed by atoms with van der Waals surface area (Å²) in [6.07, 6.45) is 2.69. The van der Waals surface area contributed by atoms with Gasteiger partial charge in [-0.1, -0.05) is 26.0 Å². The molecular formula is C17H21N3O2S. The Kier molecular flexibility index (Phi) is 5.50. The number of amides is 2. The molecular weight excluding hydrogens is 310 g/mol. The summed E-state index contributed by atoms with van der Waals surface area (Å²) in [5.74, 6) is -0.287.